The zero-order valence-corrected chi connectivity index (χ0v) is 35.2. The third-order valence-electron chi connectivity index (χ3n) is 13.6. The Balaban J connectivity index is 1.44. The lowest BCUT2D eigenvalue weighted by molar-refractivity contribution is -0.147. The number of ether oxygens (including phenoxy) is 5. The van der Waals surface area contributed by atoms with Crippen LogP contribution >= 0.6 is 0 Å². The maximum absolute atomic E-state index is 15.5. The Morgan fingerprint density at radius 2 is 1.18 bits per heavy atom. The summed E-state index contributed by atoms with van der Waals surface area (Å²) in [5.74, 6) is -1.15. The molecule has 316 valence electrons. The van der Waals surface area contributed by atoms with Crippen LogP contribution in [0.25, 0.3) is 49.2 Å². The first kappa shape index (κ1) is 40.9. The minimum absolute atomic E-state index is 0.00268. The predicted octanol–water partition coefficient (Wildman–Crippen LogP) is 7.50. The lowest BCUT2D eigenvalue weighted by Crippen LogP contribution is -2.28. The van der Waals surface area contributed by atoms with E-state index in [2.05, 4.69) is 10.6 Å². The van der Waals surface area contributed by atoms with E-state index in [1.54, 1.807) is 7.11 Å². The van der Waals surface area contributed by atoms with Crippen LogP contribution in [-0.4, -0.2) is 71.5 Å². The molecule has 2 fully saturated rings. The maximum atomic E-state index is 15.5. The van der Waals surface area contributed by atoms with Gasteiger partial charge in [-0.1, -0.05) is 11.6 Å². The van der Waals surface area contributed by atoms with Gasteiger partial charge in [0.15, 0.2) is 5.75 Å². The number of carbonyl (C=O) groups excluding carboxylic acids is 3. The van der Waals surface area contributed by atoms with Crippen LogP contribution in [0.3, 0.4) is 0 Å². The van der Waals surface area contributed by atoms with E-state index in [-0.39, 0.29) is 69.5 Å². The van der Waals surface area contributed by atoms with Crippen LogP contribution < -0.4 is 35.7 Å². The van der Waals surface area contributed by atoms with Crippen molar-refractivity contribution in [2.45, 2.75) is 71.1 Å². The fraction of sp³-hybridized carbons (Fsp3) is 0.468. The van der Waals surface area contributed by atoms with Crippen molar-refractivity contribution < 1.29 is 43.2 Å². The van der Waals surface area contributed by atoms with Crippen molar-refractivity contribution in [2.75, 3.05) is 59.3 Å². The Bertz CT molecular complexity index is 2710. The van der Waals surface area contributed by atoms with Crippen LogP contribution in [0, 0.1) is 23.7 Å². The molecule has 1 atom stereocenters. The monoisotopic (exact) mass is 820 g/mol. The molecular formula is C47H52N2O11. The van der Waals surface area contributed by atoms with E-state index in [9.17, 15) is 24.3 Å². The molecule has 60 heavy (non-hydrogen) atoms. The quantitative estimate of drug-likeness (QED) is 0.0642. The van der Waals surface area contributed by atoms with E-state index < -0.39 is 11.3 Å². The van der Waals surface area contributed by atoms with Gasteiger partial charge in [0.2, 0.25) is 10.9 Å². The number of hydrogen-bond acceptors (Lipinski definition) is 13. The first-order chi connectivity index (χ1) is 28.9. The number of ketones is 1. The number of esters is 2. The molecule has 0 spiro atoms. The molecule has 2 saturated carbocycles. The summed E-state index contributed by atoms with van der Waals surface area (Å²) < 4.78 is 28.1. The minimum atomic E-state index is -0.919. The second-order valence-corrected chi connectivity index (χ2v) is 16.8. The number of anilines is 2. The zero-order valence-electron chi connectivity index (χ0n) is 35.2. The van der Waals surface area contributed by atoms with Crippen molar-refractivity contribution in [1.82, 2.24) is 0 Å². The Kier molecular flexibility index (Phi) is 10.9. The maximum Gasteiger partial charge on any atom is 0.308 e. The number of aromatic hydroxyl groups is 1. The van der Waals surface area contributed by atoms with Gasteiger partial charge in [-0.2, -0.15) is 0 Å². The number of hydrogen-bond donors (Lipinski definition) is 3. The van der Waals surface area contributed by atoms with Gasteiger partial charge in [-0.25, -0.2) is 0 Å². The zero-order chi connectivity index (χ0) is 42.7. The molecule has 0 aromatic heterocycles. The average molecular weight is 821 g/mol. The lowest BCUT2D eigenvalue weighted by atomic mass is 9.80. The number of phenolic OH excluding ortho intramolecular Hbond substituents is 1. The van der Waals surface area contributed by atoms with Gasteiger partial charge in [0.05, 0.1) is 69.8 Å². The molecule has 0 radical (unpaired) electrons. The average Bonchev–Trinajstić information content (AvgIpc) is 3.39. The number of nitrogens with one attached hydrogen (secondary N) is 2. The van der Waals surface area contributed by atoms with E-state index in [0.29, 0.717) is 110 Å². The van der Waals surface area contributed by atoms with Gasteiger partial charge in [-0.15, -0.1) is 0 Å². The van der Waals surface area contributed by atoms with E-state index >= 15 is 4.79 Å². The normalized spacial score (nSPS) is 21.5. The molecule has 8 rings (SSSR count). The smallest absolute Gasteiger partial charge is 0.308 e. The number of phenols is 1. The Morgan fingerprint density at radius 1 is 0.650 bits per heavy atom. The summed E-state index contributed by atoms with van der Waals surface area (Å²) in [4.78, 5) is 68.6. The standard InChI is InChI=1S/C47H52N2O11/c1-21-16-27-33-38-34(43(52)42(27)49-20-24-10-14-26(15-11-24)47(55)60-7)28(48-19-23-8-12-25(13-9-23)46(54)59-6)17-30(56-3)36(38)37-31(57-4)18-29(51)35-40(37)39(33)41(32(21)22(2)50)45(58-5)44(35)53/h16-18,23-26,32,48-49,51H,8-15,19-20H2,1-7H3. The second-order valence-electron chi connectivity index (χ2n) is 16.8. The number of fused-ring (bicyclic) bond motifs is 1. The van der Waals surface area contributed by atoms with Crippen LogP contribution in [0.5, 0.6) is 23.0 Å². The summed E-state index contributed by atoms with van der Waals surface area (Å²) in [6.45, 7) is 4.28. The fourth-order valence-corrected chi connectivity index (χ4v) is 10.6. The van der Waals surface area contributed by atoms with Crippen molar-refractivity contribution in [2.24, 2.45) is 23.7 Å². The Labute approximate surface area is 347 Å². The number of allylic oxidation sites excluding steroid dienone is 1. The SMILES string of the molecule is COC(=O)C1CCC(CNc2c3c4c5c(c(OC)c(=O)c6c(O)cc(OC)c(c7c(OC)cc(NCC8CCC(C(=O)OC)CC8)c(c2=O)c74)c65)C(C(C)=O)C(C)=C3)CC1. The van der Waals surface area contributed by atoms with Gasteiger partial charge in [0.25, 0.3) is 0 Å². The predicted molar refractivity (Wildman–Crippen MR) is 232 cm³/mol. The first-order valence-electron chi connectivity index (χ1n) is 20.8. The summed E-state index contributed by atoms with van der Waals surface area (Å²) in [5.41, 5.74) is 1.58. The van der Waals surface area contributed by atoms with Crippen molar-refractivity contribution >= 4 is 78.3 Å². The first-order valence-corrected chi connectivity index (χ1v) is 20.8. The van der Waals surface area contributed by atoms with Crippen molar-refractivity contribution in [3.8, 4) is 23.0 Å². The Hall–Kier alpha value is -5.85. The van der Waals surface area contributed by atoms with E-state index in [0.717, 1.165) is 25.7 Å². The number of benzene rings is 5. The molecule has 0 bridgehead atoms. The minimum Gasteiger partial charge on any atom is -0.507 e. The third kappa shape index (κ3) is 6.39. The summed E-state index contributed by atoms with van der Waals surface area (Å²) in [6, 6.07) is 3.20. The molecular weight excluding hydrogens is 769 g/mol. The summed E-state index contributed by atoms with van der Waals surface area (Å²) >= 11 is 0. The lowest BCUT2D eigenvalue weighted by Gasteiger charge is -2.29. The van der Waals surface area contributed by atoms with Gasteiger partial charge in [0.1, 0.15) is 23.0 Å². The molecule has 0 amide bonds. The van der Waals surface area contributed by atoms with Crippen LogP contribution in [0.15, 0.2) is 27.3 Å². The van der Waals surface area contributed by atoms with Crippen LogP contribution in [0.4, 0.5) is 11.4 Å². The molecule has 1 unspecified atom stereocenters. The number of Topliss-reactive ketones (excluding diaryl/α,β-unsaturated/α-hetero) is 1. The van der Waals surface area contributed by atoms with Crippen molar-refractivity contribution in [1.29, 1.82) is 0 Å². The molecule has 0 aliphatic heterocycles. The van der Waals surface area contributed by atoms with Crippen molar-refractivity contribution in [3.63, 3.8) is 0 Å². The highest BCUT2D eigenvalue weighted by atomic mass is 16.5. The molecule has 3 aliphatic carbocycles. The largest absolute Gasteiger partial charge is 0.507 e. The number of rotatable bonds is 12. The topological polar surface area (TPSA) is 176 Å². The molecule has 13 nitrogen and oxygen atoms in total. The highest BCUT2D eigenvalue weighted by Gasteiger charge is 2.38. The van der Waals surface area contributed by atoms with E-state index in [1.807, 2.05) is 19.1 Å². The summed E-state index contributed by atoms with van der Waals surface area (Å²) in [6.07, 6.45) is 7.80. The molecule has 0 saturated heterocycles. The highest BCUT2D eigenvalue weighted by molar-refractivity contribution is 6.40. The number of carbonyl (C=O) groups is 3. The summed E-state index contributed by atoms with van der Waals surface area (Å²) in [7, 11) is 7.23. The third-order valence-corrected chi connectivity index (χ3v) is 13.6. The molecule has 0 heterocycles. The fourth-order valence-electron chi connectivity index (χ4n) is 10.6. The van der Waals surface area contributed by atoms with Gasteiger partial charge in [-0.3, -0.25) is 24.0 Å². The van der Waals surface area contributed by atoms with E-state index in [1.165, 1.54) is 41.4 Å². The van der Waals surface area contributed by atoms with E-state index in [4.69, 9.17) is 23.7 Å². The van der Waals surface area contributed by atoms with Gasteiger partial charge >= 0.3 is 11.9 Å². The molecule has 5 aromatic rings. The molecule has 3 aliphatic rings. The summed E-state index contributed by atoms with van der Waals surface area (Å²) in [5, 5.41) is 22.2. The number of methoxy groups -OCH3 is 5. The van der Waals surface area contributed by atoms with Crippen LogP contribution in [-0.2, 0) is 23.9 Å². The van der Waals surface area contributed by atoms with Gasteiger partial charge < -0.3 is 39.4 Å². The van der Waals surface area contributed by atoms with Crippen LogP contribution in [0.1, 0.15) is 82.3 Å². The molecule has 5 aromatic carbocycles. The molecule has 13 heteroatoms. The van der Waals surface area contributed by atoms with Crippen LogP contribution in [0.2, 0.25) is 0 Å². The second kappa shape index (κ2) is 16.0. The van der Waals surface area contributed by atoms with Gasteiger partial charge in [0, 0.05) is 69.0 Å². The Morgan fingerprint density at radius 3 is 1.70 bits per heavy atom. The molecule has 3 N–H and O–H groups in total. The van der Waals surface area contributed by atoms with Gasteiger partial charge in [-0.05, 0) is 82.4 Å². The highest BCUT2D eigenvalue weighted by Crippen LogP contribution is 2.56. The van der Waals surface area contributed by atoms with Crippen molar-refractivity contribution in [3.05, 3.63) is 49.3 Å².